The molecule has 26 heavy (non-hydrogen) atoms. The minimum Gasteiger partial charge on any atom is -0.444 e. The lowest BCUT2D eigenvalue weighted by molar-refractivity contribution is 0.0323. The topological polar surface area (TPSA) is 87.2 Å². The third-order valence-electron chi connectivity index (χ3n) is 3.66. The molecule has 1 fully saturated rings. The van der Waals surface area contributed by atoms with Crippen LogP contribution in [0.5, 0.6) is 0 Å². The summed E-state index contributed by atoms with van der Waals surface area (Å²) in [6.45, 7) is 17.1. The van der Waals surface area contributed by atoms with Gasteiger partial charge in [-0.25, -0.2) is 4.79 Å². The highest BCUT2D eigenvalue weighted by Gasteiger charge is 2.15. The molecule has 8 nitrogen and oxygen atoms in total. The summed E-state index contributed by atoms with van der Waals surface area (Å²) in [5.41, 5.74) is -0.482. The van der Waals surface area contributed by atoms with Crippen LogP contribution >= 0.6 is 0 Å². The van der Waals surface area contributed by atoms with E-state index in [4.69, 9.17) is 9.47 Å². The van der Waals surface area contributed by atoms with Crippen LogP contribution in [0.4, 0.5) is 4.79 Å². The summed E-state index contributed by atoms with van der Waals surface area (Å²) in [7, 11) is 0. The lowest BCUT2D eigenvalue weighted by Crippen LogP contribution is -2.43. The highest BCUT2D eigenvalue weighted by Crippen LogP contribution is 2.06. The predicted octanol–water partition coefficient (Wildman–Crippen LogP) is 1.03. The van der Waals surface area contributed by atoms with E-state index in [1.807, 2.05) is 27.7 Å². The van der Waals surface area contributed by atoms with Crippen LogP contribution in [0, 0.1) is 5.92 Å². The maximum Gasteiger partial charge on any atom is 0.407 e. The Labute approximate surface area is 158 Å². The number of alkyl carbamates (subject to hydrolysis) is 1. The van der Waals surface area contributed by atoms with Crippen molar-refractivity contribution >= 4 is 12.1 Å². The largest absolute Gasteiger partial charge is 0.444 e. The van der Waals surface area contributed by atoms with Gasteiger partial charge in [-0.3, -0.25) is 9.89 Å². The third-order valence-corrected chi connectivity index (χ3v) is 3.66. The predicted molar refractivity (Wildman–Crippen MR) is 105 cm³/mol. The lowest BCUT2D eigenvalue weighted by Gasteiger charge is -2.28. The van der Waals surface area contributed by atoms with Crippen LogP contribution in [0.25, 0.3) is 0 Å². The van der Waals surface area contributed by atoms with Crippen LogP contribution in [0.2, 0.25) is 0 Å². The zero-order valence-electron chi connectivity index (χ0n) is 17.1. The van der Waals surface area contributed by atoms with Gasteiger partial charge in [0.1, 0.15) is 5.60 Å². The number of hydrogen-bond acceptors (Lipinski definition) is 5. The molecule has 0 aromatic heterocycles. The maximum absolute atomic E-state index is 11.6. The van der Waals surface area contributed by atoms with Gasteiger partial charge in [-0.15, -0.1) is 0 Å². The second-order valence-electron chi connectivity index (χ2n) is 7.59. The molecule has 1 aliphatic heterocycles. The Morgan fingerprint density at radius 1 is 1.19 bits per heavy atom. The third kappa shape index (κ3) is 11.1. The molecule has 1 atom stereocenters. The number of nitrogens with one attached hydrogen (secondary N) is 3. The number of morpholine rings is 1. The van der Waals surface area contributed by atoms with Gasteiger partial charge in [0.2, 0.25) is 0 Å². The quantitative estimate of drug-likeness (QED) is 0.336. The number of aliphatic imine (C=N–C) groups is 1. The van der Waals surface area contributed by atoms with Crippen LogP contribution in [0.15, 0.2) is 4.99 Å². The normalized spacial score (nSPS) is 17.5. The molecule has 0 aromatic rings. The Morgan fingerprint density at radius 3 is 2.46 bits per heavy atom. The summed E-state index contributed by atoms with van der Waals surface area (Å²) in [6, 6.07) is 0. The molecule has 1 heterocycles. The summed E-state index contributed by atoms with van der Waals surface area (Å²) >= 11 is 0. The molecule has 1 rings (SSSR count). The first kappa shape index (κ1) is 22.5. The van der Waals surface area contributed by atoms with Crippen LogP contribution in [0.1, 0.15) is 34.6 Å². The summed E-state index contributed by atoms with van der Waals surface area (Å²) < 4.78 is 10.6. The molecule has 152 valence electrons. The van der Waals surface area contributed by atoms with Gasteiger partial charge in [0.15, 0.2) is 5.96 Å². The molecular formula is C18H37N5O3. The van der Waals surface area contributed by atoms with Crippen molar-refractivity contribution in [1.82, 2.24) is 20.9 Å². The molecule has 1 unspecified atom stereocenters. The van der Waals surface area contributed by atoms with Gasteiger partial charge in [0, 0.05) is 45.8 Å². The van der Waals surface area contributed by atoms with Gasteiger partial charge in [0.05, 0.1) is 13.2 Å². The van der Waals surface area contributed by atoms with Gasteiger partial charge < -0.3 is 25.4 Å². The van der Waals surface area contributed by atoms with E-state index < -0.39 is 11.7 Å². The average Bonchev–Trinajstić information content (AvgIpc) is 2.55. The number of rotatable bonds is 8. The molecule has 0 aliphatic carbocycles. The molecule has 0 bridgehead atoms. The van der Waals surface area contributed by atoms with E-state index in [2.05, 4.69) is 32.8 Å². The van der Waals surface area contributed by atoms with E-state index in [9.17, 15) is 4.79 Å². The minimum atomic E-state index is -0.482. The molecule has 1 saturated heterocycles. The Bertz CT molecular complexity index is 431. The first-order chi connectivity index (χ1) is 12.3. The smallest absolute Gasteiger partial charge is 0.407 e. The zero-order chi connectivity index (χ0) is 19.4. The summed E-state index contributed by atoms with van der Waals surface area (Å²) in [6.07, 6.45) is -0.402. The van der Waals surface area contributed by atoms with Gasteiger partial charge in [-0.05, 0) is 33.6 Å². The van der Waals surface area contributed by atoms with E-state index in [0.717, 1.165) is 51.9 Å². The number of carbonyl (C=O) groups excluding carboxylic acids is 1. The summed E-state index contributed by atoms with van der Waals surface area (Å²) in [4.78, 5) is 18.7. The van der Waals surface area contributed by atoms with Crippen molar-refractivity contribution in [2.24, 2.45) is 10.9 Å². The van der Waals surface area contributed by atoms with Gasteiger partial charge >= 0.3 is 6.09 Å². The van der Waals surface area contributed by atoms with Crippen molar-refractivity contribution < 1.29 is 14.3 Å². The van der Waals surface area contributed by atoms with Crippen LogP contribution in [0.3, 0.4) is 0 Å². The van der Waals surface area contributed by atoms with Gasteiger partial charge in [-0.1, -0.05) is 6.92 Å². The first-order valence-corrected chi connectivity index (χ1v) is 9.59. The first-order valence-electron chi connectivity index (χ1n) is 9.59. The Balaban J connectivity index is 2.28. The fraction of sp³-hybridized carbons (Fsp3) is 0.889. The van der Waals surface area contributed by atoms with E-state index in [-0.39, 0.29) is 0 Å². The maximum atomic E-state index is 11.6. The van der Waals surface area contributed by atoms with E-state index in [1.165, 1.54) is 0 Å². The van der Waals surface area contributed by atoms with Crippen molar-refractivity contribution in [3.05, 3.63) is 0 Å². The summed E-state index contributed by atoms with van der Waals surface area (Å²) in [5, 5.41) is 9.19. The fourth-order valence-corrected chi connectivity index (χ4v) is 2.53. The zero-order valence-corrected chi connectivity index (χ0v) is 17.1. The number of nitrogens with zero attached hydrogens (tertiary/aromatic N) is 2. The fourth-order valence-electron chi connectivity index (χ4n) is 2.53. The van der Waals surface area contributed by atoms with Crippen molar-refractivity contribution in [2.75, 3.05) is 59.0 Å². The van der Waals surface area contributed by atoms with Crippen molar-refractivity contribution in [3.8, 4) is 0 Å². The molecule has 0 aromatic carbocycles. The minimum absolute atomic E-state index is 0.402. The van der Waals surface area contributed by atoms with Crippen LogP contribution in [-0.2, 0) is 9.47 Å². The standard InChI is InChI=1S/C18H37N5O3/c1-6-19-16(20-7-8-21-17(24)26-18(3,4)5)22-13-15(2)14-23-9-11-25-12-10-23/h15H,6-14H2,1-5H3,(H,21,24)(H2,19,20,22). The number of carbonyl (C=O) groups is 1. The SMILES string of the molecule is CCNC(=NCC(C)CN1CCOCC1)NCCNC(=O)OC(C)(C)C. The van der Waals surface area contributed by atoms with E-state index in [0.29, 0.717) is 19.0 Å². The second kappa shape index (κ2) is 12.0. The monoisotopic (exact) mass is 371 g/mol. The Morgan fingerprint density at radius 2 is 1.85 bits per heavy atom. The number of guanidine groups is 1. The molecule has 0 saturated carbocycles. The van der Waals surface area contributed by atoms with Gasteiger partial charge in [0.25, 0.3) is 0 Å². The molecule has 8 heteroatoms. The highest BCUT2D eigenvalue weighted by molar-refractivity contribution is 5.79. The number of ether oxygens (including phenoxy) is 2. The summed E-state index contributed by atoms with van der Waals surface area (Å²) in [5.74, 6) is 1.25. The van der Waals surface area contributed by atoms with Crippen molar-refractivity contribution in [2.45, 2.75) is 40.2 Å². The molecule has 0 spiro atoms. The Kier molecular flexibility index (Phi) is 10.3. The average molecular weight is 372 g/mol. The Hall–Kier alpha value is -1.54. The number of amides is 1. The van der Waals surface area contributed by atoms with E-state index in [1.54, 1.807) is 0 Å². The molecule has 3 N–H and O–H groups in total. The van der Waals surface area contributed by atoms with E-state index >= 15 is 0 Å². The van der Waals surface area contributed by atoms with Gasteiger partial charge in [-0.2, -0.15) is 0 Å². The second-order valence-corrected chi connectivity index (χ2v) is 7.59. The van der Waals surface area contributed by atoms with Crippen molar-refractivity contribution in [1.29, 1.82) is 0 Å². The van der Waals surface area contributed by atoms with Crippen LogP contribution in [-0.4, -0.2) is 81.6 Å². The molecular weight excluding hydrogens is 334 g/mol. The lowest BCUT2D eigenvalue weighted by atomic mass is 10.1. The van der Waals surface area contributed by atoms with Crippen molar-refractivity contribution in [3.63, 3.8) is 0 Å². The molecule has 1 amide bonds. The number of hydrogen-bond donors (Lipinski definition) is 3. The highest BCUT2D eigenvalue weighted by atomic mass is 16.6. The molecule has 0 radical (unpaired) electrons. The molecule has 1 aliphatic rings. The van der Waals surface area contributed by atoms with Crippen LogP contribution < -0.4 is 16.0 Å².